The van der Waals surface area contributed by atoms with Gasteiger partial charge in [0.25, 0.3) is 0 Å². The number of alkyl halides is 3. The van der Waals surface area contributed by atoms with Crippen molar-refractivity contribution in [1.82, 2.24) is 5.32 Å². The Labute approximate surface area is 200 Å². The molecule has 2 aliphatic carbocycles. The maximum atomic E-state index is 14.6. The number of benzene rings is 2. The van der Waals surface area contributed by atoms with Crippen molar-refractivity contribution in [3.8, 4) is 11.1 Å². The van der Waals surface area contributed by atoms with Crippen LogP contribution in [0.2, 0.25) is 0 Å². The molecule has 9 heteroatoms. The highest BCUT2D eigenvalue weighted by Crippen LogP contribution is 2.40. The summed E-state index contributed by atoms with van der Waals surface area (Å²) in [5.41, 5.74) is 7.20. The van der Waals surface area contributed by atoms with Gasteiger partial charge in [-0.2, -0.15) is 13.2 Å². The van der Waals surface area contributed by atoms with Gasteiger partial charge in [0.1, 0.15) is 11.9 Å². The van der Waals surface area contributed by atoms with Gasteiger partial charge in [-0.3, -0.25) is 14.4 Å². The van der Waals surface area contributed by atoms with Crippen LogP contribution in [-0.2, 0) is 20.8 Å². The Morgan fingerprint density at radius 1 is 1.03 bits per heavy atom. The number of primary amides is 1. The quantitative estimate of drug-likeness (QED) is 0.529. The number of carbonyl (C=O) groups is 3. The first kappa shape index (κ1) is 24.9. The fraction of sp³-hybridized carbons (Fsp3) is 0.423. The van der Waals surface area contributed by atoms with Gasteiger partial charge in [0.05, 0.1) is 0 Å². The van der Waals surface area contributed by atoms with Crippen molar-refractivity contribution in [3.05, 3.63) is 59.4 Å². The number of hydrogen-bond donors (Lipinski definition) is 2. The minimum atomic E-state index is -4.52. The van der Waals surface area contributed by atoms with Gasteiger partial charge < -0.3 is 11.1 Å². The molecule has 1 fully saturated rings. The summed E-state index contributed by atoms with van der Waals surface area (Å²) < 4.78 is 53.7. The van der Waals surface area contributed by atoms with Crippen molar-refractivity contribution in [1.29, 1.82) is 0 Å². The van der Waals surface area contributed by atoms with E-state index in [1.807, 2.05) is 0 Å². The minimum Gasteiger partial charge on any atom is -0.369 e. The lowest BCUT2D eigenvalue weighted by atomic mass is 9.82. The highest BCUT2D eigenvalue weighted by molar-refractivity contribution is 5.97. The van der Waals surface area contributed by atoms with Gasteiger partial charge in [0.15, 0.2) is 5.78 Å². The number of carbonyl (C=O) groups excluding carboxylic acids is 3. The first-order chi connectivity index (χ1) is 16.5. The smallest absolute Gasteiger partial charge is 0.369 e. The van der Waals surface area contributed by atoms with Crippen LogP contribution in [0.3, 0.4) is 0 Å². The van der Waals surface area contributed by atoms with Crippen molar-refractivity contribution in [3.63, 3.8) is 0 Å². The van der Waals surface area contributed by atoms with Gasteiger partial charge in [-0.25, -0.2) is 4.39 Å². The third-order valence-electron chi connectivity index (χ3n) is 6.85. The van der Waals surface area contributed by atoms with Gasteiger partial charge in [-0.05, 0) is 41.5 Å². The molecule has 35 heavy (non-hydrogen) atoms. The summed E-state index contributed by atoms with van der Waals surface area (Å²) in [6, 6.07) is 9.95. The van der Waals surface area contributed by atoms with Crippen LogP contribution in [0.25, 0.3) is 11.1 Å². The summed E-state index contributed by atoms with van der Waals surface area (Å²) in [4.78, 5) is 38.8. The van der Waals surface area contributed by atoms with E-state index in [4.69, 9.17) is 5.73 Å². The van der Waals surface area contributed by atoms with Gasteiger partial charge >= 0.3 is 6.18 Å². The molecule has 2 aliphatic rings. The number of halogens is 4. The van der Waals surface area contributed by atoms with E-state index in [1.165, 1.54) is 12.1 Å². The maximum absolute atomic E-state index is 14.6. The monoisotopic (exact) mass is 490 g/mol. The zero-order valence-electron chi connectivity index (χ0n) is 18.9. The number of nitrogens with one attached hydrogen (secondary N) is 1. The lowest BCUT2D eigenvalue weighted by Crippen LogP contribution is -2.44. The second kappa shape index (κ2) is 9.79. The lowest BCUT2D eigenvalue weighted by molar-refractivity contribution is -0.147. The fourth-order valence-electron chi connectivity index (χ4n) is 4.87. The molecule has 0 unspecified atom stereocenters. The van der Waals surface area contributed by atoms with E-state index in [-0.39, 0.29) is 24.3 Å². The van der Waals surface area contributed by atoms with Crippen molar-refractivity contribution < 1.29 is 31.9 Å². The molecule has 0 heterocycles. The second-order valence-electron chi connectivity index (χ2n) is 9.39. The highest BCUT2D eigenvalue weighted by atomic mass is 19.4. The van der Waals surface area contributed by atoms with Crippen LogP contribution in [0.4, 0.5) is 17.6 Å². The van der Waals surface area contributed by atoms with Crippen molar-refractivity contribution in [2.75, 3.05) is 0 Å². The second-order valence-corrected chi connectivity index (χ2v) is 9.39. The SMILES string of the molecule is NC(=O)[C@@H](CC1CC1)[C@@H](CCC(F)(F)F)C(=O)N[C@@H]1C(=O)Cc2c(F)cccc2-c2ccccc21. The molecule has 2 aromatic carbocycles. The van der Waals surface area contributed by atoms with E-state index in [0.29, 0.717) is 16.7 Å². The minimum absolute atomic E-state index is 0.145. The summed E-state index contributed by atoms with van der Waals surface area (Å²) in [6.07, 6.45) is -4.80. The number of Topliss-reactive ketones (excluding diaryl/α,β-unsaturated/α-hetero) is 1. The lowest BCUT2D eigenvalue weighted by Gasteiger charge is -2.27. The van der Waals surface area contributed by atoms with Gasteiger partial charge in [-0.15, -0.1) is 0 Å². The van der Waals surface area contributed by atoms with Crippen molar-refractivity contribution in [2.24, 2.45) is 23.5 Å². The van der Waals surface area contributed by atoms with Crippen LogP contribution in [0.15, 0.2) is 42.5 Å². The molecule has 2 aromatic rings. The third-order valence-corrected chi connectivity index (χ3v) is 6.85. The van der Waals surface area contributed by atoms with Crippen molar-refractivity contribution >= 4 is 17.6 Å². The first-order valence-corrected chi connectivity index (χ1v) is 11.6. The first-order valence-electron chi connectivity index (χ1n) is 11.6. The topological polar surface area (TPSA) is 89.3 Å². The molecule has 186 valence electrons. The number of hydrogen-bond acceptors (Lipinski definition) is 3. The number of rotatable bonds is 8. The predicted molar refractivity (Wildman–Crippen MR) is 120 cm³/mol. The summed E-state index contributed by atoms with van der Waals surface area (Å²) in [5, 5.41) is 2.60. The molecule has 1 saturated carbocycles. The molecule has 0 bridgehead atoms. The Kier molecular flexibility index (Phi) is 6.96. The molecule has 0 radical (unpaired) electrons. The van der Waals surface area contributed by atoms with E-state index >= 15 is 0 Å². The van der Waals surface area contributed by atoms with E-state index in [0.717, 1.165) is 12.8 Å². The van der Waals surface area contributed by atoms with Crippen LogP contribution in [-0.4, -0.2) is 23.8 Å². The zero-order valence-corrected chi connectivity index (χ0v) is 18.9. The number of fused-ring (bicyclic) bond motifs is 3. The van der Waals surface area contributed by atoms with Crippen molar-refractivity contribution in [2.45, 2.75) is 50.7 Å². The Balaban J connectivity index is 1.67. The molecule has 4 rings (SSSR count). The standard InChI is InChI=1S/C26H26F4N2O3/c27-21-7-3-6-16-15-4-1-2-5-17(15)23(22(33)13-19(16)21)32-25(35)18(10-11-26(28,29)30)20(24(31)34)12-14-8-9-14/h1-7,14,18,20,23H,8-13H2,(H2,31,34)(H,32,35)/t18-,20+,23+/m1/s1. The van der Waals surface area contributed by atoms with E-state index < -0.39 is 60.3 Å². The molecule has 0 saturated heterocycles. The molecular weight excluding hydrogens is 464 g/mol. The number of amides is 2. The summed E-state index contributed by atoms with van der Waals surface area (Å²) in [7, 11) is 0. The van der Waals surface area contributed by atoms with Gasteiger partial charge in [0, 0.05) is 30.2 Å². The Hall–Kier alpha value is -3.23. The normalized spacial score (nSPS) is 19.2. The average Bonchev–Trinajstić information content (AvgIpc) is 3.62. The number of nitrogens with two attached hydrogens (primary N) is 1. The van der Waals surface area contributed by atoms with Crippen LogP contribution >= 0.6 is 0 Å². The van der Waals surface area contributed by atoms with Crippen LogP contribution in [0.5, 0.6) is 0 Å². The summed E-state index contributed by atoms with van der Waals surface area (Å²) in [6.45, 7) is 0. The highest BCUT2D eigenvalue weighted by Gasteiger charge is 2.41. The fourth-order valence-corrected chi connectivity index (χ4v) is 4.87. The third kappa shape index (κ3) is 5.71. The average molecular weight is 490 g/mol. The molecule has 0 aromatic heterocycles. The molecule has 3 atom stereocenters. The van der Waals surface area contributed by atoms with Gasteiger partial charge in [-0.1, -0.05) is 49.2 Å². The Bertz CT molecular complexity index is 1140. The Morgan fingerprint density at radius 2 is 1.71 bits per heavy atom. The molecule has 0 aliphatic heterocycles. The van der Waals surface area contributed by atoms with Crippen LogP contribution in [0, 0.1) is 23.6 Å². The largest absolute Gasteiger partial charge is 0.389 e. The summed E-state index contributed by atoms with van der Waals surface area (Å²) >= 11 is 0. The molecule has 0 spiro atoms. The number of ketones is 1. The van der Waals surface area contributed by atoms with E-state index in [1.54, 1.807) is 30.3 Å². The van der Waals surface area contributed by atoms with Gasteiger partial charge in [0.2, 0.25) is 11.8 Å². The van der Waals surface area contributed by atoms with E-state index in [2.05, 4.69) is 5.32 Å². The van der Waals surface area contributed by atoms with Crippen LogP contribution < -0.4 is 11.1 Å². The molecule has 2 amide bonds. The molecule has 3 N–H and O–H groups in total. The van der Waals surface area contributed by atoms with E-state index in [9.17, 15) is 31.9 Å². The molecular formula is C26H26F4N2O3. The predicted octanol–water partition coefficient (Wildman–Crippen LogP) is 4.64. The summed E-state index contributed by atoms with van der Waals surface area (Å²) in [5.74, 6) is -4.99. The molecule has 5 nitrogen and oxygen atoms in total. The van der Waals surface area contributed by atoms with Crippen LogP contribution in [0.1, 0.15) is 49.3 Å². The maximum Gasteiger partial charge on any atom is 0.389 e. The zero-order chi connectivity index (χ0) is 25.3. The Morgan fingerprint density at radius 3 is 2.37 bits per heavy atom.